The van der Waals surface area contributed by atoms with Crippen molar-refractivity contribution in [3.8, 4) is 22.6 Å². The van der Waals surface area contributed by atoms with Crippen LogP contribution < -0.4 is 9.47 Å². The second-order valence-electron chi connectivity index (χ2n) is 5.12. The monoisotopic (exact) mass is 368 g/mol. The Morgan fingerprint density at radius 1 is 0.826 bits per heavy atom. The molecule has 23 heavy (non-hydrogen) atoms. The minimum atomic E-state index is 0.547. The number of hydrogen-bond donors (Lipinski definition) is 0. The van der Waals surface area contributed by atoms with E-state index >= 15 is 0 Å². The van der Waals surface area contributed by atoms with E-state index in [0.29, 0.717) is 6.61 Å². The molecule has 0 N–H and O–H groups in total. The molecule has 0 radical (unpaired) electrons. The van der Waals surface area contributed by atoms with Gasteiger partial charge >= 0.3 is 0 Å². The zero-order valence-electron chi connectivity index (χ0n) is 12.8. The van der Waals surface area contributed by atoms with E-state index in [9.17, 15) is 0 Å². The summed E-state index contributed by atoms with van der Waals surface area (Å²) in [7, 11) is 1.67. The molecule has 0 bridgehead atoms. The van der Waals surface area contributed by atoms with Gasteiger partial charge in [-0.2, -0.15) is 0 Å². The Hall–Kier alpha value is -2.26. The summed E-state index contributed by atoms with van der Waals surface area (Å²) in [5.74, 6) is 1.67. The minimum Gasteiger partial charge on any atom is -0.496 e. The van der Waals surface area contributed by atoms with Gasteiger partial charge in [0.05, 0.1) is 11.6 Å². The van der Waals surface area contributed by atoms with E-state index in [4.69, 9.17) is 9.47 Å². The van der Waals surface area contributed by atoms with Crippen LogP contribution in [0.15, 0.2) is 77.3 Å². The van der Waals surface area contributed by atoms with Crippen LogP contribution in [0, 0.1) is 0 Å². The van der Waals surface area contributed by atoms with Gasteiger partial charge in [-0.05, 0) is 45.3 Å². The number of hydrogen-bond acceptors (Lipinski definition) is 2. The average Bonchev–Trinajstić information content (AvgIpc) is 2.61. The largest absolute Gasteiger partial charge is 0.496 e. The molecule has 0 saturated carbocycles. The fourth-order valence-electron chi connectivity index (χ4n) is 2.39. The first-order valence-corrected chi connectivity index (χ1v) is 8.17. The third kappa shape index (κ3) is 3.74. The Morgan fingerprint density at radius 3 is 2.35 bits per heavy atom. The first-order valence-electron chi connectivity index (χ1n) is 7.37. The lowest BCUT2D eigenvalue weighted by molar-refractivity contribution is 0.307. The summed E-state index contributed by atoms with van der Waals surface area (Å²) < 4.78 is 12.4. The van der Waals surface area contributed by atoms with Gasteiger partial charge in [0.1, 0.15) is 18.1 Å². The molecule has 0 aromatic heterocycles. The minimum absolute atomic E-state index is 0.547. The van der Waals surface area contributed by atoms with Gasteiger partial charge in [0.25, 0.3) is 0 Å². The maximum Gasteiger partial charge on any atom is 0.133 e. The van der Waals surface area contributed by atoms with Crippen molar-refractivity contribution in [3.63, 3.8) is 0 Å². The predicted molar refractivity (Wildman–Crippen MR) is 96.9 cm³/mol. The molecular weight excluding hydrogens is 352 g/mol. The van der Waals surface area contributed by atoms with E-state index in [1.54, 1.807) is 7.11 Å². The quantitative estimate of drug-likeness (QED) is 0.574. The van der Waals surface area contributed by atoms with Crippen molar-refractivity contribution in [1.82, 2.24) is 0 Å². The molecule has 0 saturated heterocycles. The molecule has 3 rings (SSSR count). The highest BCUT2D eigenvalue weighted by molar-refractivity contribution is 9.10. The third-order valence-electron chi connectivity index (χ3n) is 3.59. The van der Waals surface area contributed by atoms with Gasteiger partial charge < -0.3 is 9.47 Å². The smallest absolute Gasteiger partial charge is 0.133 e. The number of para-hydroxylation sites is 1. The van der Waals surface area contributed by atoms with E-state index in [1.165, 1.54) is 0 Å². The second-order valence-corrected chi connectivity index (χ2v) is 5.97. The molecule has 116 valence electrons. The number of benzene rings is 3. The fourth-order valence-corrected chi connectivity index (χ4v) is 2.80. The lowest BCUT2D eigenvalue weighted by Crippen LogP contribution is -1.97. The highest BCUT2D eigenvalue weighted by atomic mass is 79.9. The van der Waals surface area contributed by atoms with Crippen molar-refractivity contribution in [2.75, 3.05) is 7.11 Å². The third-order valence-corrected chi connectivity index (χ3v) is 4.24. The summed E-state index contributed by atoms with van der Waals surface area (Å²) >= 11 is 3.49. The summed E-state index contributed by atoms with van der Waals surface area (Å²) in [4.78, 5) is 0. The summed E-state index contributed by atoms with van der Waals surface area (Å²) in [5, 5.41) is 0. The topological polar surface area (TPSA) is 18.5 Å². The molecule has 3 heteroatoms. The van der Waals surface area contributed by atoms with Crippen LogP contribution in [-0.4, -0.2) is 7.11 Å². The van der Waals surface area contributed by atoms with E-state index in [2.05, 4.69) is 40.2 Å². The SMILES string of the molecule is COc1cc(-c2ccccc2OCc2ccccc2)ccc1Br. The van der Waals surface area contributed by atoms with Crippen LogP contribution in [0.25, 0.3) is 11.1 Å². The molecule has 0 fully saturated rings. The molecule has 2 nitrogen and oxygen atoms in total. The van der Waals surface area contributed by atoms with Crippen molar-refractivity contribution < 1.29 is 9.47 Å². The Kier molecular flexibility index (Phi) is 4.99. The van der Waals surface area contributed by atoms with Crippen molar-refractivity contribution in [3.05, 3.63) is 82.8 Å². The maximum atomic E-state index is 6.03. The van der Waals surface area contributed by atoms with Crippen LogP contribution in [0.4, 0.5) is 0 Å². The van der Waals surface area contributed by atoms with Gasteiger partial charge in [-0.15, -0.1) is 0 Å². The Balaban J connectivity index is 1.88. The molecule has 0 aliphatic rings. The van der Waals surface area contributed by atoms with Crippen molar-refractivity contribution in [1.29, 1.82) is 0 Å². The number of rotatable bonds is 5. The van der Waals surface area contributed by atoms with Gasteiger partial charge in [0, 0.05) is 5.56 Å². The summed E-state index contributed by atoms with van der Waals surface area (Å²) in [5.41, 5.74) is 3.26. The number of methoxy groups -OCH3 is 1. The van der Waals surface area contributed by atoms with E-state index in [0.717, 1.165) is 32.7 Å². The van der Waals surface area contributed by atoms with E-state index in [1.807, 2.05) is 48.5 Å². The lowest BCUT2D eigenvalue weighted by atomic mass is 10.0. The molecule has 3 aromatic rings. The highest BCUT2D eigenvalue weighted by Gasteiger charge is 2.09. The average molecular weight is 369 g/mol. The normalized spacial score (nSPS) is 10.3. The Labute approximate surface area is 144 Å². The maximum absolute atomic E-state index is 6.03. The van der Waals surface area contributed by atoms with Crippen LogP contribution in [-0.2, 0) is 6.61 Å². The number of ether oxygens (including phenoxy) is 2. The van der Waals surface area contributed by atoms with Gasteiger partial charge in [-0.1, -0.05) is 54.6 Å². The van der Waals surface area contributed by atoms with Crippen molar-refractivity contribution >= 4 is 15.9 Å². The summed E-state index contributed by atoms with van der Waals surface area (Å²) in [6, 6.07) is 24.3. The van der Waals surface area contributed by atoms with Crippen molar-refractivity contribution in [2.24, 2.45) is 0 Å². The molecule has 0 unspecified atom stereocenters. The van der Waals surface area contributed by atoms with Gasteiger partial charge in [-0.25, -0.2) is 0 Å². The van der Waals surface area contributed by atoms with Gasteiger partial charge in [0.15, 0.2) is 0 Å². The van der Waals surface area contributed by atoms with Crippen LogP contribution >= 0.6 is 15.9 Å². The molecule has 0 heterocycles. The molecule has 0 aliphatic carbocycles. The first kappa shape index (κ1) is 15.6. The number of halogens is 1. The van der Waals surface area contributed by atoms with Crippen molar-refractivity contribution in [2.45, 2.75) is 6.61 Å². The molecule has 0 atom stereocenters. The lowest BCUT2D eigenvalue weighted by Gasteiger charge is -2.13. The predicted octanol–water partition coefficient (Wildman–Crippen LogP) is 5.70. The summed E-state index contributed by atoms with van der Waals surface area (Å²) in [6.07, 6.45) is 0. The van der Waals surface area contributed by atoms with E-state index in [-0.39, 0.29) is 0 Å². The molecule has 0 amide bonds. The Morgan fingerprint density at radius 2 is 1.57 bits per heavy atom. The van der Waals surface area contributed by atoms with Crippen LogP contribution in [0.1, 0.15) is 5.56 Å². The van der Waals surface area contributed by atoms with Crippen LogP contribution in [0.5, 0.6) is 11.5 Å². The molecule has 0 aliphatic heterocycles. The Bertz CT molecular complexity index is 785. The molecule has 0 spiro atoms. The van der Waals surface area contributed by atoms with E-state index < -0.39 is 0 Å². The van der Waals surface area contributed by atoms with Gasteiger partial charge in [0.2, 0.25) is 0 Å². The second kappa shape index (κ2) is 7.34. The highest BCUT2D eigenvalue weighted by Crippen LogP contribution is 2.35. The zero-order valence-corrected chi connectivity index (χ0v) is 14.4. The fraction of sp³-hybridized carbons (Fsp3) is 0.100. The van der Waals surface area contributed by atoms with Gasteiger partial charge in [-0.3, -0.25) is 0 Å². The first-order chi connectivity index (χ1) is 11.3. The van der Waals surface area contributed by atoms with Crippen LogP contribution in [0.3, 0.4) is 0 Å². The summed E-state index contributed by atoms with van der Waals surface area (Å²) in [6.45, 7) is 0.547. The molecule has 3 aromatic carbocycles. The zero-order chi connectivity index (χ0) is 16.1. The standard InChI is InChI=1S/C20H17BrO2/c1-22-20-13-16(11-12-18(20)21)17-9-5-6-10-19(17)23-14-15-7-3-2-4-8-15/h2-13H,14H2,1H3. The molecular formula is C20H17BrO2. The van der Waals surface area contributed by atoms with Crippen LogP contribution in [0.2, 0.25) is 0 Å².